The van der Waals surface area contributed by atoms with E-state index in [0.717, 1.165) is 6.42 Å². The Hall–Kier alpha value is -2.04. The molecule has 2 rings (SSSR count). The summed E-state index contributed by atoms with van der Waals surface area (Å²) in [5, 5.41) is 11.5. The fraction of sp³-hybridized carbons (Fsp3) is 0.389. The maximum Gasteiger partial charge on any atom is 0.351 e. The molecule has 132 valence electrons. The number of carbonyl (C=O) groups excluding carboxylic acids is 2. The minimum absolute atomic E-state index is 0.0309. The van der Waals surface area contributed by atoms with Gasteiger partial charge < -0.3 is 9.64 Å². The van der Waals surface area contributed by atoms with E-state index in [1.54, 1.807) is 11.3 Å². The molecule has 1 fully saturated rings. The first-order chi connectivity index (χ1) is 12.0. The standard InChI is InChI=1S/C18H20N2O3S2/c1-4-9-23-18(22)13(11-19)17-20(5-2)16(21)15(25-17)7-6-14-12(3)8-10-24-14/h4,8,10,15H,1,5-7,9H2,2-3H3/b17-13-. The summed E-state index contributed by atoms with van der Waals surface area (Å²) in [5.74, 6) is -0.771. The van der Waals surface area contributed by atoms with E-state index in [2.05, 4.69) is 19.6 Å². The van der Waals surface area contributed by atoms with Gasteiger partial charge in [-0.05, 0) is 43.7 Å². The summed E-state index contributed by atoms with van der Waals surface area (Å²) in [5.41, 5.74) is 1.12. The number of thioether (sulfide) groups is 1. The normalized spacial score (nSPS) is 18.8. The number of ether oxygens (including phenoxy) is 1. The van der Waals surface area contributed by atoms with Gasteiger partial charge in [0.15, 0.2) is 5.57 Å². The van der Waals surface area contributed by atoms with Crippen LogP contribution in [0.3, 0.4) is 0 Å². The van der Waals surface area contributed by atoms with Crippen LogP contribution in [0.5, 0.6) is 0 Å². The molecule has 1 amide bonds. The molecule has 5 nitrogen and oxygen atoms in total. The van der Waals surface area contributed by atoms with Crippen molar-refractivity contribution in [2.24, 2.45) is 0 Å². The van der Waals surface area contributed by atoms with Crippen LogP contribution in [-0.4, -0.2) is 35.2 Å². The number of hydrogen-bond donors (Lipinski definition) is 0. The zero-order chi connectivity index (χ0) is 18.4. The van der Waals surface area contributed by atoms with Crippen LogP contribution in [0.1, 0.15) is 23.8 Å². The summed E-state index contributed by atoms with van der Waals surface area (Å²) in [6, 6.07) is 3.96. The van der Waals surface area contributed by atoms with E-state index >= 15 is 0 Å². The molecule has 1 aliphatic heterocycles. The Morgan fingerprint density at radius 2 is 2.32 bits per heavy atom. The average Bonchev–Trinajstić information content (AvgIpc) is 3.15. The summed E-state index contributed by atoms with van der Waals surface area (Å²) in [4.78, 5) is 27.5. The highest BCUT2D eigenvalue weighted by atomic mass is 32.2. The van der Waals surface area contributed by atoms with E-state index in [1.807, 2.05) is 18.4 Å². The Kier molecular flexibility index (Phi) is 6.85. The van der Waals surface area contributed by atoms with Gasteiger partial charge >= 0.3 is 5.97 Å². The zero-order valence-corrected chi connectivity index (χ0v) is 15.9. The van der Waals surface area contributed by atoms with Crippen molar-refractivity contribution in [3.63, 3.8) is 0 Å². The average molecular weight is 377 g/mol. The minimum Gasteiger partial charge on any atom is -0.457 e. The summed E-state index contributed by atoms with van der Waals surface area (Å²) in [7, 11) is 0. The van der Waals surface area contributed by atoms with Gasteiger partial charge in [0.2, 0.25) is 5.91 Å². The lowest BCUT2D eigenvalue weighted by Gasteiger charge is -2.15. The third kappa shape index (κ3) is 4.33. The van der Waals surface area contributed by atoms with E-state index in [-0.39, 0.29) is 23.3 Å². The molecule has 0 saturated carbocycles. The van der Waals surface area contributed by atoms with Crippen LogP contribution >= 0.6 is 23.1 Å². The quantitative estimate of drug-likeness (QED) is 0.316. The molecule has 1 saturated heterocycles. The number of hydrogen-bond acceptors (Lipinski definition) is 6. The molecule has 0 bridgehead atoms. The molecule has 1 aromatic heterocycles. The fourth-order valence-electron chi connectivity index (χ4n) is 2.51. The number of aryl methyl sites for hydroxylation is 2. The topological polar surface area (TPSA) is 70.4 Å². The Morgan fingerprint density at radius 3 is 2.88 bits per heavy atom. The maximum absolute atomic E-state index is 12.6. The summed E-state index contributed by atoms with van der Waals surface area (Å²) >= 11 is 2.97. The van der Waals surface area contributed by atoms with Crippen molar-refractivity contribution in [1.29, 1.82) is 5.26 Å². The van der Waals surface area contributed by atoms with Gasteiger partial charge in [0.25, 0.3) is 0 Å². The van der Waals surface area contributed by atoms with Crippen LogP contribution < -0.4 is 0 Å². The van der Waals surface area contributed by atoms with Crippen LogP contribution in [-0.2, 0) is 20.7 Å². The predicted molar refractivity (Wildman–Crippen MR) is 99.9 cm³/mol. The Morgan fingerprint density at radius 1 is 1.56 bits per heavy atom. The third-order valence-electron chi connectivity index (χ3n) is 3.82. The van der Waals surface area contributed by atoms with Crippen molar-refractivity contribution < 1.29 is 14.3 Å². The zero-order valence-electron chi connectivity index (χ0n) is 14.3. The Bertz CT molecular complexity index is 746. The fourth-order valence-corrected chi connectivity index (χ4v) is 4.76. The van der Waals surface area contributed by atoms with Crippen molar-refractivity contribution in [3.05, 3.63) is 45.1 Å². The third-order valence-corrected chi connectivity index (χ3v) is 6.27. The summed E-state index contributed by atoms with van der Waals surface area (Å²) in [6.07, 6.45) is 2.92. The second-order valence-electron chi connectivity index (χ2n) is 5.43. The smallest absolute Gasteiger partial charge is 0.351 e. The number of nitrogens with zero attached hydrogens (tertiary/aromatic N) is 2. The highest BCUT2D eigenvalue weighted by Gasteiger charge is 2.39. The van der Waals surface area contributed by atoms with E-state index in [9.17, 15) is 14.9 Å². The van der Waals surface area contributed by atoms with E-state index < -0.39 is 5.97 Å². The van der Waals surface area contributed by atoms with Crippen molar-refractivity contribution in [3.8, 4) is 6.07 Å². The monoisotopic (exact) mass is 376 g/mol. The van der Waals surface area contributed by atoms with Gasteiger partial charge in [0.1, 0.15) is 17.7 Å². The molecule has 0 aromatic carbocycles. The predicted octanol–water partition coefficient (Wildman–Crippen LogP) is 3.42. The van der Waals surface area contributed by atoms with E-state index in [4.69, 9.17) is 4.74 Å². The van der Waals surface area contributed by atoms with Crippen LogP contribution in [0.2, 0.25) is 0 Å². The van der Waals surface area contributed by atoms with Crippen molar-refractivity contribution in [1.82, 2.24) is 4.90 Å². The van der Waals surface area contributed by atoms with Gasteiger partial charge in [-0.2, -0.15) is 5.26 Å². The SMILES string of the molecule is C=CCOC(=O)/C(C#N)=C1\SC(CCc2sccc2C)C(=O)N1CC. The van der Waals surface area contributed by atoms with Crippen molar-refractivity contribution in [2.75, 3.05) is 13.2 Å². The molecular weight excluding hydrogens is 356 g/mol. The van der Waals surface area contributed by atoms with Gasteiger partial charge in [0.05, 0.1) is 5.25 Å². The van der Waals surface area contributed by atoms with Crippen LogP contribution in [0, 0.1) is 18.3 Å². The highest BCUT2D eigenvalue weighted by Crippen LogP contribution is 2.39. The van der Waals surface area contributed by atoms with Crippen molar-refractivity contribution >= 4 is 35.0 Å². The van der Waals surface area contributed by atoms with Gasteiger partial charge in [0, 0.05) is 11.4 Å². The summed E-state index contributed by atoms with van der Waals surface area (Å²) in [6.45, 7) is 7.81. The molecule has 0 radical (unpaired) electrons. The highest BCUT2D eigenvalue weighted by molar-refractivity contribution is 8.04. The molecule has 25 heavy (non-hydrogen) atoms. The largest absolute Gasteiger partial charge is 0.457 e. The lowest BCUT2D eigenvalue weighted by atomic mass is 10.1. The second-order valence-corrected chi connectivity index (χ2v) is 7.63. The van der Waals surface area contributed by atoms with Gasteiger partial charge in [-0.25, -0.2) is 4.79 Å². The van der Waals surface area contributed by atoms with Gasteiger partial charge in [-0.3, -0.25) is 4.79 Å². The van der Waals surface area contributed by atoms with Crippen LogP contribution in [0.4, 0.5) is 0 Å². The number of carbonyl (C=O) groups is 2. The first-order valence-corrected chi connectivity index (χ1v) is 9.72. The molecular formula is C18H20N2O3S2. The van der Waals surface area contributed by atoms with E-state index in [0.29, 0.717) is 18.0 Å². The molecule has 2 heterocycles. The molecule has 1 atom stereocenters. The number of thiophene rings is 1. The lowest BCUT2D eigenvalue weighted by Crippen LogP contribution is -2.29. The molecule has 0 N–H and O–H groups in total. The molecule has 1 aliphatic rings. The van der Waals surface area contributed by atoms with Crippen molar-refractivity contribution in [2.45, 2.75) is 31.9 Å². The van der Waals surface area contributed by atoms with Crippen LogP contribution in [0.15, 0.2) is 34.7 Å². The van der Waals surface area contributed by atoms with Crippen LogP contribution in [0.25, 0.3) is 0 Å². The Labute approximate surface area is 156 Å². The van der Waals surface area contributed by atoms with Gasteiger partial charge in [-0.15, -0.1) is 11.3 Å². The van der Waals surface area contributed by atoms with E-state index in [1.165, 1.54) is 33.2 Å². The molecule has 0 spiro atoms. The summed E-state index contributed by atoms with van der Waals surface area (Å²) < 4.78 is 4.97. The molecule has 1 aromatic rings. The number of rotatable bonds is 7. The number of amides is 1. The molecule has 0 aliphatic carbocycles. The molecule has 7 heteroatoms. The maximum atomic E-state index is 12.6. The minimum atomic E-state index is -0.717. The lowest BCUT2D eigenvalue weighted by molar-refractivity contribution is -0.137. The first-order valence-electron chi connectivity index (χ1n) is 7.96. The molecule has 1 unspecified atom stereocenters. The Balaban J connectivity index is 2.18. The first kappa shape index (κ1) is 19.3. The number of esters is 1. The second kappa shape index (κ2) is 8.88. The number of nitriles is 1. The van der Waals surface area contributed by atoms with Gasteiger partial charge in [-0.1, -0.05) is 24.4 Å².